The molecule has 0 aromatic carbocycles. The van der Waals surface area contributed by atoms with E-state index in [1.165, 1.54) is 16.3 Å². The molecule has 1 N–H and O–H groups in total. The third-order valence-corrected chi connectivity index (χ3v) is 7.57. The molecule has 2 aliphatic heterocycles. The number of β-amino-alcohol motifs (C(OH)–C–C–N with tert-alkyl or cyclic N) is 1. The number of aromatic nitrogens is 1. The molecular formula is C23H31N5O3S2. The van der Waals surface area contributed by atoms with Gasteiger partial charge in [0.05, 0.1) is 11.5 Å². The smallest absolute Gasteiger partial charge is 0.270 e. The van der Waals surface area contributed by atoms with Crippen molar-refractivity contribution in [3.63, 3.8) is 0 Å². The van der Waals surface area contributed by atoms with Crippen LogP contribution in [0.15, 0.2) is 9.70 Å². The Morgan fingerprint density at radius 3 is 2.48 bits per heavy atom. The van der Waals surface area contributed by atoms with Gasteiger partial charge in [-0.3, -0.25) is 24.0 Å². The number of hydrogen-bond acceptors (Lipinski definition) is 8. The molecule has 0 bridgehead atoms. The van der Waals surface area contributed by atoms with Crippen molar-refractivity contribution in [3.05, 3.63) is 31.9 Å². The van der Waals surface area contributed by atoms with Gasteiger partial charge < -0.3 is 10.0 Å². The van der Waals surface area contributed by atoms with Gasteiger partial charge in [0.25, 0.3) is 11.5 Å². The Morgan fingerprint density at radius 2 is 1.88 bits per heavy atom. The number of aliphatic hydroxyl groups excluding tert-OH is 1. The summed E-state index contributed by atoms with van der Waals surface area (Å²) in [5, 5.41) is 18.9. The van der Waals surface area contributed by atoms with E-state index in [4.69, 9.17) is 12.2 Å². The highest BCUT2D eigenvalue weighted by Crippen LogP contribution is 2.36. The number of thiocarbonyl (C=S) groups is 1. The predicted molar refractivity (Wildman–Crippen MR) is 136 cm³/mol. The number of amides is 1. The molecule has 0 unspecified atom stereocenters. The van der Waals surface area contributed by atoms with E-state index >= 15 is 0 Å². The molecule has 2 fully saturated rings. The van der Waals surface area contributed by atoms with Crippen LogP contribution >= 0.6 is 24.0 Å². The maximum atomic E-state index is 13.1. The Kier molecular flexibility index (Phi) is 8.70. The van der Waals surface area contributed by atoms with E-state index in [1.54, 1.807) is 24.9 Å². The largest absolute Gasteiger partial charge is 0.395 e. The number of nitriles is 1. The van der Waals surface area contributed by atoms with E-state index in [1.807, 2.05) is 6.07 Å². The van der Waals surface area contributed by atoms with Crippen molar-refractivity contribution in [1.29, 1.82) is 5.26 Å². The quantitative estimate of drug-likeness (QED) is 0.337. The van der Waals surface area contributed by atoms with E-state index < -0.39 is 0 Å². The molecule has 0 aliphatic carbocycles. The van der Waals surface area contributed by atoms with Crippen LogP contribution < -0.4 is 10.5 Å². The van der Waals surface area contributed by atoms with Gasteiger partial charge in [0.15, 0.2) is 0 Å². The topological polar surface area (TPSA) is 92.8 Å². The fourth-order valence-electron chi connectivity index (χ4n) is 4.26. The molecule has 0 radical (unpaired) electrons. The summed E-state index contributed by atoms with van der Waals surface area (Å²) in [5.74, 6) is 0.586. The van der Waals surface area contributed by atoms with Gasteiger partial charge >= 0.3 is 0 Å². The van der Waals surface area contributed by atoms with Crippen LogP contribution in [0.5, 0.6) is 0 Å². The van der Waals surface area contributed by atoms with Crippen LogP contribution in [0.3, 0.4) is 0 Å². The minimum absolute atomic E-state index is 0.0878. The molecule has 2 aliphatic rings. The van der Waals surface area contributed by atoms with Crippen LogP contribution in [0.25, 0.3) is 6.08 Å². The second-order valence-corrected chi connectivity index (χ2v) is 9.98. The Bertz CT molecular complexity index is 1050. The molecule has 0 atom stereocenters. The molecule has 0 spiro atoms. The minimum atomic E-state index is -0.341. The van der Waals surface area contributed by atoms with E-state index in [0.717, 1.165) is 32.4 Å². The first kappa shape index (κ1) is 25.4. The van der Waals surface area contributed by atoms with Gasteiger partial charge in [-0.1, -0.05) is 43.7 Å². The van der Waals surface area contributed by atoms with E-state index in [2.05, 4.69) is 16.7 Å². The van der Waals surface area contributed by atoms with Crippen molar-refractivity contribution in [2.75, 3.05) is 50.8 Å². The molecule has 8 nitrogen and oxygen atoms in total. The highest BCUT2D eigenvalue weighted by Gasteiger charge is 2.33. The maximum Gasteiger partial charge on any atom is 0.270 e. The van der Waals surface area contributed by atoms with Gasteiger partial charge in [0.2, 0.25) is 0 Å². The minimum Gasteiger partial charge on any atom is -0.395 e. The van der Waals surface area contributed by atoms with Crippen molar-refractivity contribution in [2.45, 2.75) is 33.1 Å². The first-order chi connectivity index (χ1) is 15.8. The molecular weight excluding hydrogens is 458 g/mol. The van der Waals surface area contributed by atoms with Crippen LogP contribution in [0, 0.1) is 18.3 Å². The number of carbonyl (C=O) groups excluding carboxylic acids is 1. The number of pyridine rings is 1. The summed E-state index contributed by atoms with van der Waals surface area (Å²) < 4.78 is 2.06. The van der Waals surface area contributed by atoms with Gasteiger partial charge in [-0.15, -0.1) is 0 Å². The molecule has 10 heteroatoms. The average molecular weight is 490 g/mol. The van der Waals surface area contributed by atoms with Crippen molar-refractivity contribution >= 4 is 46.1 Å². The fraction of sp³-hybridized carbons (Fsp3) is 0.565. The van der Waals surface area contributed by atoms with Crippen molar-refractivity contribution in [3.8, 4) is 6.07 Å². The molecule has 33 heavy (non-hydrogen) atoms. The fourth-order valence-corrected chi connectivity index (χ4v) is 5.55. The Labute approximate surface area is 204 Å². The molecule has 1 aromatic heterocycles. The lowest BCUT2D eigenvalue weighted by Crippen LogP contribution is -2.49. The summed E-state index contributed by atoms with van der Waals surface area (Å²) in [4.78, 5) is 32.5. The van der Waals surface area contributed by atoms with Crippen LogP contribution in [0.2, 0.25) is 0 Å². The van der Waals surface area contributed by atoms with Gasteiger partial charge in [-0.05, 0) is 25.0 Å². The number of unbranched alkanes of at least 4 members (excludes halogenated alkanes) is 2. The zero-order chi connectivity index (χ0) is 24.1. The molecule has 2 saturated heterocycles. The normalized spacial score (nSPS) is 18.5. The maximum absolute atomic E-state index is 13.1. The third kappa shape index (κ3) is 5.32. The lowest BCUT2D eigenvalue weighted by atomic mass is 10.0. The monoisotopic (exact) mass is 489 g/mol. The number of carbonyl (C=O) groups is 1. The Balaban J connectivity index is 2.02. The summed E-state index contributed by atoms with van der Waals surface area (Å²) in [6.45, 7) is 8.08. The molecule has 1 amide bonds. The van der Waals surface area contributed by atoms with Gasteiger partial charge in [-0.25, -0.2) is 0 Å². The Hall–Kier alpha value is -2.19. The van der Waals surface area contributed by atoms with Crippen LogP contribution in [0.4, 0.5) is 5.82 Å². The van der Waals surface area contributed by atoms with Gasteiger partial charge in [0, 0.05) is 51.9 Å². The molecule has 178 valence electrons. The SMILES string of the molecule is CCCCCN1C(=O)/C(=C/c2c(C)c(C#N)c(=O)n(C)c2N2CCN(CCO)CC2)SC1=S. The second-order valence-electron chi connectivity index (χ2n) is 8.31. The van der Waals surface area contributed by atoms with E-state index in [9.17, 15) is 20.0 Å². The van der Waals surface area contributed by atoms with Crippen molar-refractivity contribution < 1.29 is 9.90 Å². The lowest BCUT2D eigenvalue weighted by Gasteiger charge is -2.37. The summed E-state index contributed by atoms with van der Waals surface area (Å²) >= 11 is 6.74. The predicted octanol–water partition coefficient (Wildman–Crippen LogP) is 2.07. The number of thioether (sulfide) groups is 1. The number of nitrogens with zero attached hydrogens (tertiary/aromatic N) is 5. The van der Waals surface area contributed by atoms with Gasteiger partial charge in [-0.2, -0.15) is 5.26 Å². The number of piperazine rings is 1. The molecule has 3 heterocycles. The lowest BCUT2D eigenvalue weighted by molar-refractivity contribution is -0.122. The average Bonchev–Trinajstić information content (AvgIpc) is 3.06. The summed E-state index contributed by atoms with van der Waals surface area (Å²) in [7, 11) is 1.67. The number of hydrogen-bond donors (Lipinski definition) is 1. The molecule has 0 saturated carbocycles. The van der Waals surface area contributed by atoms with Crippen molar-refractivity contribution in [1.82, 2.24) is 14.4 Å². The third-order valence-electron chi connectivity index (χ3n) is 6.19. The highest BCUT2D eigenvalue weighted by molar-refractivity contribution is 8.26. The zero-order valence-electron chi connectivity index (χ0n) is 19.5. The van der Waals surface area contributed by atoms with E-state index in [-0.39, 0.29) is 23.6 Å². The first-order valence-electron chi connectivity index (χ1n) is 11.3. The van der Waals surface area contributed by atoms with Gasteiger partial charge in [0.1, 0.15) is 21.8 Å². The first-order valence-corrected chi connectivity index (χ1v) is 12.5. The second kappa shape index (κ2) is 11.3. The standard InChI is InChI=1S/C23H31N5O3S2/c1-4-5-6-7-28-22(31)19(33-23(28)32)14-17-16(2)18(15-24)21(30)25(3)20(17)27-10-8-26(9-11-27)12-13-29/h14,29H,4-13H2,1-3H3/b19-14-. The number of aliphatic hydroxyl groups is 1. The number of rotatable bonds is 8. The highest BCUT2D eigenvalue weighted by atomic mass is 32.2. The molecule has 3 rings (SSSR count). The summed E-state index contributed by atoms with van der Waals surface area (Å²) in [5.41, 5.74) is 1.03. The zero-order valence-corrected chi connectivity index (χ0v) is 21.1. The summed E-state index contributed by atoms with van der Waals surface area (Å²) in [6, 6.07) is 2.04. The van der Waals surface area contributed by atoms with Crippen molar-refractivity contribution in [2.24, 2.45) is 7.05 Å². The number of anilines is 1. The van der Waals surface area contributed by atoms with Crippen LogP contribution in [0.1, 0.15) is 42.9 Å². The van der Waals surface area contributed by atoms with Crippen LogP contribution in [-0.4, -0.2) is 75.6 Å². The van der Waals surface area contributed by atoms with E-state index in [0.29, 0.717) is 52.3 Å². The summed E-state index contributed by atoms with van der Waals surface area (Å²) in [6.07, 6.45) is 4.79. The molecule has 1 aromatic rings. The Morgan fingerprint density at radius 1 is 1.18 bits per heavy atom. The van der Waals surface area contributed by atoms with Crippen LogP contribution in [-0.2, 0) is 11.8 Å².